The average Bonchev–Trinajstić information content (AvgIpc) is 3.55. The Hall–Kier alpha value is -2.16. The maximum atomic E-state index is 5.84. The summed E-state index contributed by atoms with van der Waals surface area (Å²) in [6, 6.07) is 10.7. The Labute approximate surface area is 200 Å². The summed E-state index contributed by atoms with van der Waals surface area (Å²) in [4.78, 5) is 2.55. The molecule has 0 spiro atoms. The van der Waals surface area contributed by atoms with Crippen LogP contribution in [0.15, 0.2) is 41.7 Å². The van der Waals surface area contributed by atoms with E-state index in [1.807, 2.05) is 11.7 Å². The van der Waals surface area contributed by atoms with E-state index in [9.17, 15) is 0 Å². The third-order valence-corrected chi connectivity index (χ3v) is 7.91. The van der Waals surface area contributed by atoms with Gasteiger partial charge in [-0.1, -0.05) is 42.1 Å². The average molecular weight is 467 g/mol. The second kappa shape index (κ2) is 10.4. The van der Waals surface area contributed by atoms with Crippen molar-refractivity contribution in [3.05, 3.63) is 59.2 Å². The number of thioether (sulfide) groups is 1. The molecule has 2 saturated heterocycles. The molecule has 1 atom stereocenters. The molecule has 3 aromatic rings. The second-order valence-corrected chi connectivity index (χ2v) is 10.3. The molecule has 0 radical (unpaired) electrons. The molecular weight excluding hydrogens is 432 g/mol. The van der Waals surface area contributed by atoms with Crippen LogP contribution < -0.4 is 0 Å². The van der Waals surface area contributed by atoms with E-state index in [0.29, 0.717) is 12.0 Å². The molecule has 2 aromatic heterocycles. The lowest BCUT2D eigenvalue weighted by atomic mass is 9.95. The van der Waals surface area contributed by atoms with Gasteiger partial charge in [0, 0.05) is 43.6 Å². The van der Waals surface area contributed by atoms with Gasteiger partial charge in [0.2, 0.25) is 0 Å². The molecule has 2 aliphatic heterocycles. The Balaban J connectivity index is 1.28. The highest BCUT2D eigenvalue weighted by Gasteiger charge is 2.27. The quantitative estimate of drug-likeness (QED) is 0.468. The SMILES string of the molecule is Cc1nn(C)cc1CN1CCC(c2nnc(SCC3CCCO3)n2Cc2ccccc2)CC1. The minimum Gasteiger partial charge on any atom is -0.377 e. The van der Waals surface area contributed by atoms with Crippen LogP contribution in [-0.4, -0.2) is 61.0 Å². The first kappa shape index (κ1) is 22.6. The van der Waals surface area contributed by atoms with E-state index in [0.717, 1.165) is 74.5 Å². The van der Waals surface area contributed by atoms with Crippen LogP contribution in [0, 0.1) is 6.92 Å². The van der Waals surface area contributed by atoms with Crippen molar-refractivity contribution in [1.82, 2.24) is 29.4 Å². The van der Waals surface area contributed by atoms with Gasteiger partial charge in [0.1, 0.15) is 5.82 Å². The van der Waals surface area contributed by atoms with Gasteiger partial charge in [-0.05, 0) is 51.3 Å². The Kier molecular flexibility index (Phi) is 7.13. The van der Waals surface area contributed by atoms with Crippen molar-refractivity contribution in [1.29, 1.82) is 0 Å². The lowest BCUT2D eigenvalue weighted by Gasteiger charge is -2.31. The molecule has 8 heteroatoms. The maximum absolute atomic E-state index is 5.84. The second-order valence-electron chi connectivity index (χ2n) is 9.32. The van der Waals surface area contributed by atoms with Crippen molar-refractivity contribution in [3.8, 4) is 0 Å². The molecule has 0 amide bonds. The standard InChI is InChI=1S/C25H34N6OS/c1-19-22(16-29(2)28-19)17-30-12-10-21(11-13-30)24-26-27-25(33-18-23-9-6-14-32-23)31(24)15-20-7-4-3-5-8-20/h3-5,7-8,16,21,23H,6,9-15,17-18H2,1-2H3. The number of hydrogen-bond donors (Lipinski definition) is 0. The largest absolute Gasteiger partial charge is 0.377 e. The van der Waals surface area contributed by atoms with Gasteiger partial charge >= 0.3 is 0 Å². The molecule has 2 aliphatic rings. The Morgan fingerprint density at radius 2 is 1.88 bits per heavy atom. The summed E-state index contributed by atoms with van der Waals surface area (Å²) in [7, 11) is 2.00. The predicted molar refractivity (Wildman–Crippen MR) is 130 cm³/mol. The maximum Gasteiger partial charge on any atom is 0.191 e. The molecule has 1 unspecified atom stereocenters. The highest BCUT2D eigenvalue weighted by atomic mass is 32.2. The first-order valence-electron chi connectivity index (χ1n) is 12.1. The molecule has 4 heterocycles. The number of benzene rings is 1. The van der Waals surface area contributed by atoms with E-state index < -0.39 is 0 Å². The van der Waals surface area contributed by atoms with Crippen molar-refractivity contribution in [2.45, 2.75) is 62.9 Å². The van der Waals surface area contributed by atoms with E-state index in [-0.39, 0.29) is 0 Å². The van der Waals surface area contributed by atoms with Crippen LogP contribution in [0.2, 0.25) is 0 Å². The van der Waals surface area contributed by atoms with Gasteiger partial charge in [0.05, 0.1) is 18.3 Å². The summed E-state index contributed by atoms with van der Waals surface area (Å²) in [5, 5.41) is 14.9. The van der Waals surface area contributed by atoms with Gasteiger partial charge in [0.25, 0.3) is 0 Å². The van der Waals surface area contributed by atoms with Crippen molar-refractivity contribution >= 4 is 11.8 Å². The number of likely N-dealkylation sites (tertiary alicyclic amines) is 1. The third-order valence-electron chi connectivity index (χ3n) is 6.81. The van der Waals surface area contributed by atoms with E-state index in [2.05, 4.69) is 63.1 Å². The Morgan fingerprint density at radius 1 is 1.06 bits per heavy atom. The van der Waals surface area contributed by atoms with Gasteiger partial charge < -0.3 is 9.30 Å². The van der Waals surface area contributed by atoms with Crippen LogP contribution in [0.4, 0.5) is 0 Å². The number of hydrogen-bond acceptors (Lipinski definition) is 6. The Morgan fingerprint density at radius 3 is 2.58 bits per heavy atom. The number of aromatic nitrogens is 5. The number of ether oxygens (including phenoxy) is 1. The summed E-state index contributed by atoms with van der Waals surface area (Å²) >= 11 is 1.80. The van der Waals surface area contributed by atoms with Crippen LogP contribution in [0.5, 0.6) is 0 Å². The summed E-state index contributed by atoms with van der Waals surface area (Å²) < 4.78 is 10.1. The van der Waals surface area contributed by atoms with Gasteiger partial charge in [-0.15, -0.1) is 10.2 Å². The fraction of sp³-hybridized carbons (Fsp3) is 0.560. The van der Waals surface area contributed by atoms with E-state index in [1.165, 1.54) is 17.5 Å². The summed E-state index contributed by atoms with van der Waals surface area (Å²) in [6.45, 7) is 6.96. The zero-order valence-electron chi connectivity index (χ0n) is 19.7. The van der Waals surface area contributed by atoms with Crippen molar-refractivity contribution in [3.63, 3.8) is 0 Å². The molecule has 33 heavy (non-hydrogen) atoms. The fourth-order valence-electron chi connectivity index (χ4n) is 4.96. The highest BCUT2D eigenvalue weighted by Crippen LogP contribution is 2.31. The van der Waals surface area contributed by atoms with Gasteiger partial charge in [-0.2, -0.15) is 5.10 Å². The molecule has 0 bridgehead atoms. The van der Waals surface area contributed by atoms with Crippen molar-refractivity contribution in [2.24, 2.45) is 7.05 Å². The van der Waals surface area contributed by atoms with Crippen LogP contribution in [-0.2, 0) is 24.9 Å². The molecule has 0 N–H and O–H groups in total. The van der Waals surface area contributed by atoms with Gasteiger partial charge in [0.15, 0.2) is 5.16 Å². The molecule has 0 aliphatic carbocycles. The summed E-state index contributed by atoms with van der Waals surface area (Å²) in [6.07, 6.45) is 7.05. The highest BCUT2D eigenvalue weighted by molar-refractivity contribution is 7.99. The van der Waals surface area contributed by atoms with Crippen LogP contribution in [0.3, 0.4) is 0 Å². The zero-order chi connectivity index (χ0) is 22.6. The number of rotatable bonds is 8. The predicted octanol–water partition coefficient (Wildman–Crippen LogP) is 4.02. The van der Waals surface area contributed by atoms with Crippen molar-refractivity contribution < 1.29 is 4.74 Å². The van der Waals surface area contributed by atoms with E-state index in [4.69, 9.17) is 9.84 Å². The first-order chi connectivity index (χ1) is 16.2. The third kappa shape index (κ3) is 5.50. The van der Waals surface area contributed by atoms with Crippen LogP contribution in [0.1, 0.15) is 54.2 Å². The first-order valence-corrected chi connectivity index (χ1v) is 13.1. The molecular formula is C25H34N6OS. The van der Waals surface area contributed by atoms with E-state index in [1.54, 1.807) is 11.8 Å². The van der Waals surface area contributed by atoms with Gasteiger partial charge in [-0.25, -0.2) is 0 Å². The van der Waals surface area contributed by atoms with Crippen LogP contribution in [0.25, 0.3) is 0 Å². The number of aryl methyl sites for hydroxylation is 2. The molecule has 176 valence electrons. The molecule has 7 nitrogen and oxygen atoms in total. The normalized spacial score (nSPS) is 20.0. The fourth-order valence-corrected chi connectivity index (χ4v) is 5.97. The molecule has 1 aromatic carbocycles. The minimum absolute atomic E-state index is 0.347. The molecule has 5 rings (SSSR count). The number of nitrogens with zero attached hydrogens (tertiary/aromatic N) is 6. The number of piperidine rings is 1. The summed E-state index contributed by atoms with van der Waals surface area (Å²) in [5.41, 5.74) is 3.76. The minimum atomic E-state index is 0.347. The monoisotopic (exact) mass is 466 g/mol. The lowest BCUT2D eigenvalue weighted by Crippen LogP contribution is -2.33. The van der Waals surface area contributed by atoms with Crippen molar-refractivity contribution in [2.75, 3.05) is 25.4 Å². The van der Waals surface area contributed by atoms with Crippen LogP contribution >= 0.6 is 11.8 Å². The van der Waals surface area contributed by atoms with Gasteiger partial charge in [-0.3, -0.25) is 9.58 Å². The molecule has 0 saturated carbocycles. The molecule has 2 fully saturated rings. The zero-order valence-corrected chi connectivity index (χ0v) is 20.5. The lowest BCUT2D eigenvalue weighted by molar-refractivity contribution is 0.129. The smallest absolute Gasteiger partial charge is 0.191 e. The summed E-state index contributed by atoms with van der Waals surface area (Å²) in [5.74, 6) is 2.55. The Bertz CT molecular complexity index is 1030. The van der Waals surface area contributed by atoms with E-state index >= 15 is 0 Å². The topological polar surface area (TPSA) is 61.0 Å².